The Hall–Kier alpha value is -1.28. The van der Waals surface area contributed by atoms with Gasteiger partial charge in [-0.2, -0.15) is 13.2 Å². The van der Waals surface area contributed by atoms with Gasteiger partial charge in [-0.3, -0.25) is 4.40 Å². The molecule has 2 heterocycles. The number of thiazole rings is 1. The first-order valence-electron chi connectivity index (χ1n) is 6.42. The first-order valence-corrected chi connectivity index (χ1v) is 7.30. The number of anilines is 1. The summed E-state index contributed by atoms with van der Waals surface area (Å²) in [6.45, 7) is 1.57. The number of nitrogens with two attached hydrogens (primary N) is 1. The molecule has 0 saturated heterocycles. The fourth-order valence-electron chi connectivity index (χ4n) is 2.19. The Morgan fingerprint density at radius 2 is 2.20 bits per heavy atom. The van der Waals surface area contributed by atoms with E-state index in [9.17, 15) is 13.2 Å². The van der Waals surface area contributed by atoms with Gasteiger partial charge in [0.05, 0.1) is 5.69 Å². The zero-order valence-electron chi connectivity index (χ0n) is 11.2. The number of nitrogens with zero attached hydrogens (tertiary/aromatic N) is 3. The van der Waals surface area contributed by atoms with Crippen LogP contribution in [0.4, 0.5) is 19.0 Å². The number of alkyl halides is 3. The molecule has 112 valence electrons. The number of rotatable bonds is 6. The van der Waals surface area contributed by atoms with Crippen molar-refractivity contribution in [1.29, 1.82) is 0 Å². The van der Waals surface area contributed by atoms with E-state index in [1.165, 1.54) is 16.2 Å². The predicted molar refractivity (Wildman–Crippen MR) is 74.4 cm³/mol. The molecule has 0 radical (unpaired) electrons. The van der Waals surface area contributed by atoms with Crippen LogP contribution in [0.1, 0.15) is 19.0 Å². The minimum atomic E-state index is -4.24. The molecule has 4 nitrogen and oxygen atoms in total. The lowest BCUT2D eigenvalue weighted by Gasteiger charge is -2.24. The molecule has 0 unspecified atom stereocenters. The summed E-state index contributed by atoms with van der Waals surface area (Å²) < 4.78 is 40.0. The van der Waals surface area contributed by atoms with Crippen LogP contribution in [0, 0.1) is 0 Å². The van der Waals surface area contributed by atoms with E-state index in [1.54, 1.807) is 0 Å². The first-order chi connectivity index (χ1) is 9.46. The molecule has 0 fully saturated rings. The SMILES string of the molecule is CCCN(CC(F)(F)F)c1nc2sccn2c1CCN. The van der Waals surface area contributed by atoms with Crippen molar-refractivity contribution in [2.75, 3.05) is 24.5 Å². The Morgan fingerprint density at radius 3 is 2.80 bits per heavy atom. The van der Waals surface area contributed by atoms with Gasteiger partial charge in [-0.1, -0.05) is 6.92 Å². The average Bonchev–Trinajstić information content (AvgIpc) is 2.90. The maximum Gasteiger partial charge on any atom is 0.405 e. The van der Waals surface area contributed by atoms with E-state index in [2.05, 4.69) is 4.98 Å². The molecule has 2 rings (SSSR count). The smallest absolute Gasteiger partial charge is 0.346 e. The first kappa shape index (κ1) is 15.1. The number of hydrogen-bond acceptors (Lipinski definition) is 4. The number of aromatic nitrogens is 2. The second-order valence-corrected chi connectivity index (χ2v) is 5.39. The summed E-state index contributed by atoms with van der Waals surface area (Å²) in [5.74, 6) is 0.404. The van der Waals surface area contributed by atoms with Gasteiger partial charge in [-0.15, -0.1) is 11.3 Å². The largest absolute Gasteiger partial charge is 0.405 e. The van der Waals surface area contributed by atoms with Crippen molar-refractivity contribution in [3.63, 3.8) is 0 Å². The summed E-state index contributed by atoms with van der Waals surface area (Å²) in [6, 6.07) is 0. The molecule has 0 saturated carbocycles. The van der Waals surface area contributed by atoms with Gasteiger partial charge in [0.2, 0.25) is 0 Å². The molecule has 0 aliphatic heterocycles. The zero-order chi connectivity index (χ0) is 14.8. The molecule has 0 atom stereocenters. The molecule has 0 spiro atoms. The van der Waals surface area contributed by atoms with Crippen LogP contribution in [0.25, 0.3) is 4.96 Å². The van der Waals surface area contributed by atoms with Crippen molar-refractivity contribution in [3.05, 3.63) is 17.3 Å². The van der Waals surface area contributed by atoms with Crippen LogP contribution in [0.15, 0.2) is 11.6 Å². The van der Waals surface area contributed by atoms with E-state index in [0.717, 1.165) is 5.69 Å². The average molecular weight is 306 g/mol. The molecular formula is C12H17F3N4S. The van der Waals surface area contributed by atoms with Gasteiger partial charge < -0.3 is 10.6 Å². The summed E-state index contributed by atoms with van der Waals surface area (Å²) in [6.07, 6.45) is -1.29. The van der Waals surface area contributed by atoms with Crippen LogP contribution in [0.5, 0.6) is 0 Å². The van der Waals surface area contributed by atoms with Gasteiger partial charge in [0.1, 0.15) is 6.54 Å². The van der Waals surface area contributed by atoms with Gasteiger partial charge in [-0.05, 0) is 13.0 Å². The van der Waals surface area contributed by atoms with E-state index in [4.69, 9.17) is 5.73 Å². The third-order valence-electron chi connectivity index (χ3n) is 2.88. The minimum absolute atomic E-state index is 0.321. The lowest BCUT2D eigenvalue weighted by atomic mass is 10.2. The lowest BCUT2D eigenvalue weighted by Crippen LogP contribution is -2.35. The maximum atomic E-state index is 12.7. The highest BCUT2D eigenvalue weighted by Crippen LogP contribution is 2.28. The summed E-state index contributed by atoms with van der Waals surface area (Å²) >= 11 is 1.40. The van der Waals surface area contributed by atoms with Crippen LogP contribution < -0.4 is 10.6 Å². The maximum absolute atomic E-state index is 12.7. The van der Waals surface area contributed by atoms with Gasteiger partial charge in [-0.25, -0.2) is 4.98 Å². The zero-order valence-corrected chi connectivity index (χ0v) is 12.0. The molecule has 0 bridgehead atoms. The van der Waals surface area contributed by atoms with Crippen molar-refractivity contribution in [1.82, 2.24) is 9.38 Å². The van der Waals surface area contributed by atoms with Gasteiger partial charge in [0.15, 0.2) is 10.8 Å². The molecule has 2 aromatic heterocycles. The normalized spacial score (nSPS) is 12.2. The summed E-state index contributed by atoms with van der Waals surface area (Å²) in [7, 11) is 0. The molecule has 8 heteroatoms. The van der Waals surface area contributed by atoms with Crippen molar-refractivity contribution in [2.45, 2.75) is 25.9 Å². The van der Waals surface area contributed by atoms with Gasteiger partial charge in [0, 0.05) is 24.5 Å². The van der Waals surface area contributed by atoms with Crippen molar-refractivity contribution in [2.24, 2.45) is 5.73 Å². The molecule has 0 aliphatic rings. The highest BCUT2D eigenvalue weighted by molar-refractivity contribution is 7.15. The lowest BCUT2D eigenvalue weighted by molar-refractivity contribution is -0.119. The Kier molecular flexibility index (Phi) is 4.54. The summed E-state index contributed by atoms with van der Waals surface area (Å²) in [4.78, 5) is 6.34. The highest BCUT2D eigenvalue weighted by atomic mass is 32.1. The molecule has 0 aliphatic carbocycles. The van der Waals surface area contributed by atoms with E-state index in [-0.39, 0.29) is 0 Å². The summed E-state index contributed by atoms with van der Waals surface area (Å²) in [5.41, 5.74) is 6.32. The van der Waals surface area contributed by atoms with E-state index >= 15 is 0 Å². The minimum Gasteiger partial charge on any atom is -0.346 e. The second kappa shape index (κ2) is 6.01. The third-order valence-corrected chi connectivity index (χ3v) is 3.64. The standard InChI is InChI=1S/C12H17F3N4S/c1-2-5-18(8-12(13,14)15)10-9(3-4-16)19-6-7-20-11(19)17-10/h6-7H,2-5,8,16H2,1H3. The van der Waals surface area contributed by atoms with Crippen molar-refractivity contribution < 1.29 is 13.2 Å². The van der Waals surface area contributed by atoms with Crippen molar-refractivity contribution >= 4 is 22.1 Å². The second-order valence-electron chi connectivity index (χ2n) is 4.51. The Morgan fingerprint density at radius 1 is 1.45 bits per heavy atom. The van der Waals surface area contributed by atoms with Crippen molar-refractivity contribution in [3.8, 4) is 0 Å². The van der Waals surface area contributed by atoms with Gasteiger partial charge >= 0.3 is 6.18 Å². The topological polar surface area (TPSA) is 46.6 Å². The molecular weight excluding hydrogens is 289 g/mol. The Balaban J connectivity index is 2.40. The van der Waals surface area contributed by atoms with E-state index < -0.39 is 12.7 Å². The summed E-state index contributed by atoms with van der Waals surface area (Å²) in [5, 5.41) is 1.86. The van der Waals surface area contributed by atoms with E-state index in [0.29, 0.717) is 36.7 Å². The number of imidazole rings is 1. The van der Waals surface area contributed by atoms with E-state index in [1.807, 2.05) is 22.9 Å². The van der Waals surface area contributed by atoms with Crippen LogP contribution in [-0.2, 0) is 6.42 Å². The molecule has 0 amide bonds. The van der Waals surface area contributed by atoms with Crippen LogP contribution in [0.2, 0.25) is 0 Å². The predicted octanol–water partition coefficient (Wildman–Crippen LogP) is 2.68. The number of fused-ring (bicyclic) bond motifs is 1. The van der Waals surface area contributed by atoms with Crippen LogP contribution in [0.3, 0.4) is 0 Å². The highest BCUT2D eigenvalue weighted by Gasteiger charge is 2.32. The fourth-order valence-corrected chi connectivity index (χ4v) is 2.92. The van der Waals surface area contributed by atoms with Crippen LogP contribution in [-0.4, -0.2) is 35.2 Å². The fraction of sp³-hybridized carbons (Fsp3) is 0.583. The Bertz CT molecular complexity index is 561. The molecule has 20 heavy (non-hydrogen) atoms. The van der Waals surface area contributed by atoms with Crippen LogP contribution >= 0.6 is 11.3 Å². The number of hydrogen-bond donors (Lipinski definition) is 1. The quantitative estimate of drug-likeness (QED) is 0.892. The monoisotopic (exact) mass is 306 g/mol. The molecule has 2 aromatic rings. The Labute approximate surface area is 119 Å². The molecule has 0 aromatic carbocycles. The van der Waals surface area contributed by atoms with Gasteiger partial charge in [0.25, 0.3) is 0 Å². The molecule has 2 N–H and O–H groups in total. The third kappa shape index (κ3) is 3.24. The number of halogens is 3.